The summed E-state index contributed by atoms with van der Waals surface area (Å²) < 4.78 is 0.848. The Morgan fingerprint density at radius 1 is 1.25 bits per heavy atom. The van der Waals surface area contributed by atoms with E-state index in [2.05, 4.69) is 15.9 Å². The van der Waals surface area contributed by atoms with Crippen molar-refractivity contribution in [3.05, 3.63) is 46.4 Å². The Balaban J connectivity index is 2.62. The molecule has 0 amide bonds. The van der Waals surface area contributed by atoms with Crippen LogP contribution in [0, 0.1) is 0 Å². The largest absolute Gasteiger partial charge is 0.481 e. The molecule has 1 unspecified atom stereocenters. The van der Waals surface area contributed by atoms with Crippen LogP contribution in [0.2, 0.25) is 0 Å². The van der Waals surface area contributed by atoms with Gasteiger partial charge in [0.2, 0.25) is 0 Å². The van der Waals surface area contributed by atoms with Crippen LogP contribution >= 0.6 is 15.9 Å². The Hall–Kier alpha value is -1.35. The third kappa shape index (κ3) is 1.95. The number of carbonyl (C=O) groups is 1. The van der Waals surface area contributed by atoms with E-state index in [4.69, 9.17) is 5.11 Å². The molecule has 1 N–H and O–H groups in total. The molecule has 0 saturated carbocycles. The number of carboxylic acids is 1. The van der Waals surface area contributed by atoms with E-state index in [1.54, 1.807) is 6.92 Å². The Morgan fingerprint density at radius 2 is 1.81 bits per heavy atom. The molecule has 0 radical (unpaired) electrons. The number of rotatable bonds is 2. The molecule has 2 rings (SSSR count). The van der Waals surface area contributed by atoms with E-state index in [1.807, 2.05) is 36.4 Å². The van der Waals surface area contributed by atoms with Crippen molar-refractivity contribution in [2.24, 2.45) is 0 Å². The summed E-state index contributed by atoms with van der Waals surface area (Å²) in [6.07, 6.45) is 0. The van der Waals surface area contributed by atoms with Gasteiger partial charge in [-0.2, -0.15) is 0 Å². The number of benzene rings is 2. The SMILES string of the molecule is CC(C(=O)O)c1cc2ccccc2cc1Br. The zero-order valence-electron chi connectivity index (χ0n) is 8.77. The molecule has 2 nitrogen and oxygen atoms in total. The normalized spacial score (nSPS) is 12.6. The molecule has 0 fully saturated rings. The van der Waals surface area contributed by atoms with Gasteiger partial charge in [-0.1, -0.05) is 40.2 Å². The number of hydrogen-bond donors (Lipinski definition) is 1. The second-order valence-electron chi connectivity index (χ2n) is 3.78. The van der Waals surface area contributed by atoms with Crippen molar-refractivity contribution in [1.82, 2.24) is 0 Å². The summed E-state index contributed by atoms with van der Waals surface area (Å²) in [5.41, 5.74) is 0.811. The Bertz CT molecular complexity index is 549. The summed E-state index contributed by atoms with van der Waals surface area (Å²) in [6.45, 7) is 1.69. The molecule has 16 heavy (non-hydrogen) atoms. The smallest absolute Gasteiger partial charge is 0.310 e. The quantitative estimate of drug-likeness (QED) is 0.908. The van der Waals surface area contributed by atoms with Crippen LogP contribution in [0.4, 0.5) is 0 Å². The van der Waals surface area contributed by atoms with Crippen LogP contribution in [0.1, 0.15) is 18.4 Å². The van der Waals surface area contributed by atoms with Gasteiger partial charge in [-0.3, -0.25) is 4.79 Å². The van der Waals surface area contributed by atoms with Gasteiger partial charge in [0, 0.05) is 4.47 Å². The van der Waals surface area contributed by atoms with Gasteiger partial charge in [-0.25, -0.2) is 0 Å². The first-order valence-corrected chi connectivity index (χ1v) is 5.80. The Morgan fingerprint density at radius 3 is 2.38 bits per heavy atom. The molecular weight excluding hydrogens is 268 g/mol. The van der Waals surface area contributed by atoms with Gasteiger partial charge >= 0.3 is 5.97 Å². The summed E-state index contributed by atoms with van der Waals surface area (Å²) in [5.74, 6) is -1.31. The van der Waals surface area contributed by atoms with Crippen molar-refractivity contribution in [1.29, 1.82) is 0 Å². The molecule has 0 aliphatic heterocycles. The standard InChI is InChI=1S/C13H11BrO2/c1-8(13(15)16)11-6-9-4-2-3-5-10(9)7-12(11)14/h2-8H,1H3,(H,15,16). The first-order chi connectivity index (χ1) is 7.59. The van der Waals surface area contributed by atoms with Crippen molar-refractivity contribution in [2.45, 2.75) is 12.8 Å². The zero-order chi connectivity index (χ0) is 11.7. The second-order valence-corrected chi connectivity index (χ2v) is 4.64. The van der Waals surface area contributed by atoms with Crippen LogP contribution in [0.25, 0.3) is 10.8 Å². The van der Waals surface area contributed by atoms with Gasteiger partial charge in [0.25, 0.3) is 0 Å². The first-order valence-electron chi connectivity index (χ1n) is 5.00. The molecule has 0 bridgehead atoms. The van der Waals surface area contributed by atoms with Gasteiger partial charge in [0.15, 0.2) is 0 Å². The maximum Gasteiger partial charge on any atom is 0.310 e. The van der Waals surface area contributed by atoms with E-state index in [9.17, 15) is 4.79 Å². The van der Waals surface area contributed by atoms with Crippen LogP contribution in [-0.4, -0.2) is 11.1 Å². The minimum atomic E-state index is -0.809. The highest BCUT2D eigenvalue weighted by Gasteiger charge is 2.16. The lowest BCUT2D eigenvalue weighted by molar-refractivity contribution is -0.138. The third-order valence-corrected chi connectivity index (χ3v) is 3.39. The molecule has 0 spiro atoms. The highest BCUT2D eigenvalue weighted by Crippen LogP contribution is 2.29. The average molecular weight is 279 g/mol. The molecule has 3 heteroatoms. The maximum atomic E-state index is 11.0. The van der Waals surface area contributed by atoms with Gasteiger partial charge in [-0.05, 0) is 35.4 Å². The molecule has 2 aromatic carbocycles. The fourth-order valence-corrected chi connectivity index (χ4v) is 2.40. The van der Waals surface area contributed by atoms with Crippen molar-refractivity contribution in [3.8, 4) is 0 Å². The number of hydrogen-bond acceptors (Lipinski definition) is 1. The molecule has 0 heterocycles. The lowest BCUT2D eigenvalue weighted by Gasteiger charge is -2.10. The molecule has 2 aromatic rings. The summed E-state index contributed by atoms with van der Waals surface area (Å²) in [7, 11) is 0. The van der Waals surface area contributed by atoms with Gasteiger partial charge < -0.3 is 5.11 Å². The van der Waals surface area contributed by atoms with E-state index in [0.717, 1.165) is 20.8 Å². The van der Waals surface area contributed by atoms with Gasteiger partial charge in [-0.15, -0.1) is 0 Å². The van der Waals surface area contributed by atoms with E-state index in [1.165, 1.54) is 0 Å². The predicted molar refractivity (Wildman–Crippen MR) is 67.7 cm³/mol. The summed E-state index contributed by atoms with van der Waals surface area (Å²) in [4.78, 5) is 11.0. The molecule has 1 atom stereocenters. The summed E-state index contributed by atoms with van der Waals surface area (Å²) in [5, 5.41) is 11.2. The van der Waals surface area contributed by atoms with Gasteiger partial charge in [0.05, 0.1) is 5.92 Å². The Kier molecular flexibility index (Phi) is 2.97. The maximum absolute atomic E-state index is 11.0. The molecule has 0 aliphatic carbocycles. The molecule has 82 valence electrons. The molecule has 0 aliphatic rings. The molecular formula is C13H11BrO2. The van der Waals surface area contributed by atoms with E-state index in [-0.39, 0.29) is 0 Å². The van der Waals surface area contributed by atoms with Crippen LogP contribution in [-0.2, 0) is 4.79 Å². The minimum absolute atomic E-state index is 0.501. The van der Waals surface area contributed by atoms with Crippen molar-refractivity contribution < 1.29 is 9.90 Å². The predicted octanol–water partition coefficient (Wildman–Crippen LogP) is 3.79. The Labute approximate surface area is 102 Å². The monoisotopic (exact) mass is 278 g/mol. The molecule has 0 aromatic heterocycles. The lowest BCUT2D eigenvalue weighted by Crippen LogP contribution is -2.07. The average Bonchev–Trinajstić information content (AvgIpc) is 2.27. The fourth-order valence-electron chi connectivity index (χ4n) is 1.69. The van der Waals surface area contributed by atoms with Crippen LogP contribution in [0.3, 0.4) is 0 Å². The number of aliphatic carboxylic acids is 1. The van der Waals surface area contributed by atoms with Crippen molar-refractivity contribution in [2.75, 3.05) is 0 Å². The zero-order valence-corrected chi connectivity index (χ0v) is 10.4. The highest BCUT2D eigenvalue weighted by molar-refractivity contribution is 9.10. The first kappa shape index (κ1) is 11.1. The number of fused-ring (bicyclic) bond motifs is 1. The van der Waals surface area contributed by atoms with Crippen molar-refractivity contribution >= 4 is 32.7 Å². The number of halogens is 1. The number of carboxylic acid groups (broad SMARTS) is 1. The van der Waals surface area contributed by atoms with E-state index in [0.29, 0.717) is 0 Å². The third-order valence-electron chi connectivity index (χ3n) is 2.70. The lowest BCUT2D eigenvalue weighted by atomic mass is 9.98. The topological polar surface area (TPSA) is 37.3 Å². The van der Waals surface area contributed by atoms with Crippen LogP contribution in [0.5, 0.6) is 0 Å². The van der Waals surface area contributed by atoms with Crippen LogP contribution in [0.15, 0.2) is 40.9 Å². The van der Waals surface area contributed by atoms with E-state index >= 15 is 0 Å². The van der Waals surface area contributed by atoms with Crippen LogP contribution < -0.4 is 0 Å². The summed E-state index contributed by atoms with van der Waals surface area (Å²) >= 11 is 3.42. The summed E-state index contributed by atoms with van der Waals surface area (Å²) in [6, 6.07) is 11.8. The molecule has 0 saturated heterocycles. The second kappa shape index (κ2) is 4.26. The minimum Gasteiger partial charge on any atom is -0.481 e. The highest BCUT2D eigenvalue weighted by atomic mass is 79.9. The van der Waals surface area contributed by atoms with Gasteiger partial charge in [0.1, 0.15) is 0 Å². The fraction of sp³-hybridized carbons (Fsp3) is 0.154. The van der Waals surface area contributed by atoms with Crippen molar-refractivity contribution in [3.63, 3.8) is 0 Å². The van der Waals surface area contributed by atoms with E-state index < -0.39 is 11.9 Å².